The van der Waals surface area contributed by atoms with Crippen molar-refractivity contribution in [3.8, 4) is 11.5 Å². The molecule has 0 saturated carbocycles. The molecule has 0 radical (unpaired) electrons. The molecule has 0 aliphatic carbocycles. The summed E-state index contributed by atoms with van der Waals surface area (Å²) in [5.74, 6) is 0.453. The van der Waals surface area contributed by atoms with Gasteiger partial charge in [-0.2, -0.15) is 0 Å². The summed E-state index contributed by atoms with van der Waals surface area (Å²) in [5.41, 5.74) is 6.84. The predicted molar refractivity (Wildman–Crippen MR) is 112 cm³/mol. The molecule has 2 bridgehead atoms. The molecule has 2 unspecified atom stereocenters. The molecule has 4 rings (SSSR count). The summed E-state index contributed by atoms with van der Waals surface area (Å²) in [5, 5.41) is 0. The fourth-order valence-electron chi connectivity index (χ4n) is 4.72. The Kier molecular flexibility index (Phi) is 6.14. The summed E-state index contributed by atoms with van der Waals surface area (Å²) in [6, 6.07) is 12.6. The number of hydrogen-bond acceptors (Lipinski definition) is 3. The van der Waals surface area contributed by atoms with Gasteiger partial charge in [0.05, 0.1) is 5.56 Å². The molecular formula is C24H29FN2O2. The normalized spacial score (nSPS) is 21.5. The van der Waals surface area contributed by atoms with Crippen LogP contribution in [-0.4, -0.2) is 29.4 Å². The lowest BCUT2D eigenvalue weighted by Crippen LogP contribution is -2.49. The summed E-state index contributed by atoms with van der Waals surface area (Å²) in [6.45, 7) is 0.599. The Morgan fingerprint density at radius 1 is 0.966 bits per heavy atom. The van der Waals surface area contributed by atoms with E-state index < -0.39 is 5.82 Å². The van der Waals surface area contributed by atoms with Crippen LogP contribution in [0.5, 0.6) is 11.5 Å². The summed E-state index contributed by atoms with van der Waals surface area (Å²) in [4.78, 5) is 15.3. The van der Waals surface area contributed by atoms with Crippen LogP contribution in [0, 0.1) is 5.82 Å². The number of ether oxygens (including phenoxy) is 1. The van der Waals surface area contributed by atoms with Crippen LogP contribution < -0.4 is 10.5 Å². The van der Waals surface area contributed by atoms with Gasteiger partial charge in [-0.25, -0.2) is 4.39 Å². The summed E-state index contributed by atoms with van der Waals surface area (Å²) >= 11 is 0. The van der Waals surface area contributed by atoms with Crippen molar-refractivity contribution in [1.29, 1.82) is 0 Å². The lowest BCUT2D eigenvalue weighted by Gasteiger charge is -2.41. The van der Waals surface area contributed by atoms with E-state index in [1.165, 1.54) is 6.07 Å². The second-order valence-corrected chi connectivity index (χ2v) is 8.16. The largest absolute Gasteiger partial charge is 0.457 e. The first kappa shape index (κ1) is 19.9. The highest BCUT2D eigenvalue weighted by molar-refractivity contribution is 5.95. The molecule has 154 valence electrons. The van der Waals surface area contributed by atoms with Crippen molar-refractivity contribution in [1.82, 2.24) is 4.90 Å². The van der Waals surface area contributed by atoms with E-state index in [1.807, 2.05) is 29.2 Å². The fraction of sp³-hybridized carbons (Fsp3) is 0.458. The lowest BCUT2D eigenvalue weighted by atomic mass is 9.93. The molecule has 2 fully saturated rings. The molecule has 2 saturated heterocycles. The molecule has 2 aliphatic heterocycles. The van der Waals surface area contributed by atoms with Gasteiger partial charge in [-0.15, -0.1) is 0 Å². The molecule has 2 aromatic carbocycles. The second kappa shape index (κ2) is 8.95. The first-order valence-corrected chi connectivity index (χ1v) is 10.7. The lowest BCUT2D eigenvalue weighted by molar-refractivity contribution is 0.0455. The van der Waals surface area contributed by atoms with E-state index in [2.05, 4.69) is 0 Å². The summed E-state index contributed by atoms with van der Waals surface area (Å²) in [6.07, 6.45) is 8.36. The molecule has 1 amide bonds. The van der Waals surface area contributed by atoms with Gasteiger partial charge in [-0.3, -0.25) is 4.79 Å². The van der Waals surface area contributed by atoms with Gasteiger partial charge in [0.2, 0.25) is 0 Å². The molecule has 5 heteroatoms. The summed E-state index contributed by atoms with van der Waals surface area (Å²) < 4.78 is 20.5. The van der Waals surface area contributed by atoms with Crippen molar-refractivity contribution in [2.75, 3.05) is 6.54 Å². The van der Waals surface area contributed by atoms with Crippen LogP contribution in [0.25, 0.3) is 0 Å². The van der Waals surface area contributed by atoms with Gasteiger partial charge in [0.25, 0.3) is 5.91 Å². The minimum atomic E-state index is -0.483. The number of rotatable bonds is 5. The maximum atomic E-state index is 14.6. The van der Waals surface area contributed by atoms with Crippen LogP contribution in [-0.2, 0) is 6.42 Å². The first-order chi connectivity index (χ1) is 14.2. The van der Waals surface area contributed by atoms with E-state index in [9.17, 15) is 9.18 Å². The molecule has 2 N–H and O–H groups in total. The number of carbonyl (C=O) groups is 1. The van der Waals surface area contributed by atoms with Crippen LogP contribution in [0.15, 0.2) is 42.5 Å². The van der Waals surface area contributed by atoms with Gasteiger partial charge in [-0.1, -0.05) is 25.0 Å². The van der Waals surface area contributed by atoms with Crippen molar-refractivity contribution in [2.24, 2.45) is 5.73 Å². The van der Waals surface area contributed by atoms with Gasteiger partial charge in [0, 0.05) is 12.1 Å². The average molecular weight is 397 g/mol. The van der Waals surface area contributed by atoms with E-state index in [0.29, 0.717) is 18.0 Å². The highest BCUT2D eigenvalue weighted by Crippen LogP contribution is 2.35. The zero-order chi connectivity index (χ0) is 20.2. The maximum absolute atomic E-state index is 14.6. The van der Waals surface area contributed by atoms with Crippen LogP contribution >= 0.6 is 0 Å². The van der Waals surface area contributed by atoms with Crippen LogP contribution in [0.4, 0.5) is 4.39 Å². The molecule has 2 atom stereocenters. The van der Waals surface area contributed by atoms with Gasteiger partial charge in [0.1, 0.15) is 17.3 Å². The predicted octanol–water partition coefficient (Wildman–Crippen LogP) is 5.06. The number of fused-ring (bicyclic) bond motifs is 2. The number of piperidine rings is 1. The second-order valence-electron chi connectivity index (χ2n) is 8.16. The minimum Gasteiger partial charge on any atom is -0.457 e. The molecule has 29 heavy (non-hydrogen) atoms. The number of halogens is 1. The Morgan fingerprint density at radius 2 is 1.59 bits per heavy atom. The fourth-order valence-corrected chi connectivity index (χ4v) is 4.72. The molecule has 2 aliphatic rings. The third kappa shape index (κ3) is 4.45. The minimum absolute atomic E-state index is 0.112. The molecule has 2 heterocycles. The zero-order valence-corrected chi connectivity index (χ0v) is 16.8. The van der Waals surface area contributed by atoms with Crippen LogP contribution in [0.2, 0.25) is 0 Å². The highest BCUT2D eigenvalue weighted by Gasteiger charge is 2.36. The zero-order valence-electron chi connectivity index (χ0n) is 16.8. The van der Waals surface area contributed by atoms with Crippen LogP contribution in [0.1, 0.15) is 60.9 Å². The Labute approximate surface area is 171 Å². The number of nitrogens with zero attached hydrogens (tertiary/aromatic N) is 1. The first-order valence-electron chi connectivity index (χ1n) is 10.7. The van der Waals surface area contributed by atoms with E-state index in [1.54, 1.807) is 12.1 Å². The monoisotopic (exact) mass is 396 g/mol. The Morgan fingerprint density at radius 3 is 2.24 bits per heavy atom. The Balaban J connectivity index is 1.55. The number of nitrogens with two attached hydrogens (primary N) is 1. The smallest absolute Gasteiger partial charge is 0.257 e. The number of carbonyl (C=O) groups excluding carboxylic acids is 1. The summed E-state index contributed by atoms with van der Waals surface area (Å²) in [7, 11) is 0. The van der Waals surface area contributed by atoms with Crippen molar-refractivity contribution in [2.45, 2.75) is 63.5 Å². The topological polar surface area (TPSA) is 55.6 Å². The molecule has 0 aromatic heterocycles. The standard InChI is InChI=1S/C24H29FN2O2/c25-23-13-12-21(29-20-10-8-17(9-11-20)14-15-26)16-22(23)24(28)27-18-4-1-2-5-19(27)7-3-6-18/h8-13,16,18-19H,1-7,14-15,26H2. The maximum Gasteiger partial charge on any atom is 0.257 e. The van der Waals surface area contributed by atoms with E-state index in [4.69, 9.17) is 10.5 Å². The molecule has 0 spiro atoms. The van der Waals surface area contributed by atoms with Gasteiger partial charge < -0.3 is 15.4 Å². The Bertz CT molecular complexity index is 838. The van der Waals surface area contributed by atoms with E-state index in [-0.39, 0.29) is 23.6 Å². The molecule has 4 nitrogen and oxygen atoms in total. The van der Waals surface area contributed by atoms with Crippen molar-refractivity contribution in [3.05, 3.63) is 59.4 Å². The van der Waals surface area contributed by atoms with Gasteiger partial charge in [-0.05, 0) is 81.0 Å². The van der Waals surface area contributed by atoms with Crippen molar-refractivity contribution >= 4 is 5.91 Å². The van der Waals surface area contributed by atoms with Crippen LogP contribution in [0.3, 0.4) is 0 Å². The van der Waals surface area contributed by atoms with E-state index >= 15 is 0 Å². The molecular weight excluding hydrogens is 367 g/mol. The average Bonchev–Trinajstić information content (AvgIpc) is 2.85. The van der Waals surface area contributed by atoms with Crippen molar-refractivity contribution in [3.63, 3.8) is 0 Å². The number of benzene rings is 2. The van der Waals surface area contributed by atoms with Crippen molar-refractivity contribution < 1.29 is 13.9 Å². The highest BCUT2D eigenvalue weighted by atomic mass is 19.1. The Hall–Kier alpha value is -2.40. The third-order valence-corrected chi connectivity index (χ3v) is 6.18. The third-order valence-electron chi connectivity index (χ3n) is 6.18. The van der Waals surface area contributed by atoms with E-state index in [0.717, 1.165) is 56.9 Å². The van der Waals surface area contributed by atoms with Gasteiger partial charge in [0.15, 0.2) is 0 Å². The SMILES string of the molecule is NCCc1ccc(Oc2ccc(F)c(C(=O)N3C4CCCCC3CCC4)c2)cc1. The quantitative estimate of drug-likeness (QED) is 0.769. The molecule has 2 aromatic rings. The number of amides is 1. The number of hydrogen-bond donors (Lipinski definition) is 1. The van der Waals surface area contributed by atoms with Gasteiger partial charge >= 0.3 is 0 Å².